The van der Waals surface area contributed by atoms with Crippen LogP contribution >= 0.6 is 11.6 Å². The van der Waals surface area contributed by atoms with E-state index in [9.17, 15) is 18.0 Å². The molecule has 0 bridgehead atoms. The average molecular weight is 630 g/mol. The van der Waals surface area contributed by atoms with Crippen molar-refractivity contribution in [2.45, 2.75) is 64.6 Å². The summed E-state index contributed by atoms with van der Waals surface area (Å²) in [6.07, 6.45) is 0.713. The number of hydrogen-bond donors (Lipinski definition) is 1. The van der Waals surface area contributed by atoms with Crippen molar-refractivity contribution in [2.75, 3.05) is 25.1 Å². The Balaban J connectivity index is 2.11. The Bertz CT molecular complexity index is 1540. The zero-order chi connectivity index (χ0) is 31.9. The Morgan fingerprint density at radius 2 is 1.58 bits per heavy atom. The van der Waals surface area contributed by atoms with Gasteiger partial charge in [0, 0.05) is 23.7 Å². The largest absolute Gasteiger partial charge is 0.493 e. The summed E-state index contributed by atoms with van der Waals surface area (Å²) in [7, 11) is -1.42. The molecule has 3 aromatic carbocycles. The number of carbonyl (C=O) groups is 2. The summed E-state index contributed by atoms with van der Waals surface area (Å²) in [6.45, 7) is 8.66. The number of nitrogens with one attached hydrogen (secondary N) is 1. The highest BCUT2D eigenvalue weighted by atomic mass is 35.5. The van der Waals surface area contributed by atoms with Gasteiger partial charge in [0.25, 0.3) is 10.0 Å². The Morgan fingerprint density at radius 1 is 0.930 bits per heavy atom. The fraction of sp³-hybridized carbons (Fsp3) is 0.375. The second-order valence-electron chi connectivity index (χ2n) is 10.5. The summed E-state index contributed by atoms with van der Waals surface area (Å²) in [5.41, 5.74) is 2.67. The standard InChI is InChI=1S/C32H40ClN3O6S/c1-8-23(4)34-32(38)24(5)35(19-25-10-9-11-26(33)17-25)31(37)20-36(27-15-21(2)14-22(3)16-27)43(39,40)28-12-13-29(41-6)30(18-28)42-7/h9-18,23-24H,8,19-20H2,1-7H3,(H,34,38). The molecule has 0 heterocycles. The van der Waals surface area contributed by atoms with Gasteiger partial charge in [0.15, 0.2) is 11.5 Å². The summed E-state index contributed by atoms with van der Waals surface area (Å²) in [5.74, 6) is -0.307. The first-order valence-corrected chi connectivity index (χ1v) is 15.8. The highest BCUT2D eigenvalue weighted by Crippen LogP contribution is 2.33. The lowest BCUT2D eigenvalue weighted by Crippen LogP contribution is -2.52. The number of rotatable bonds is 13. The Morgan fingerprint density at radius 3 is 2.16 bits per heavy atom. The Labute approximate surface area is 259 Å². The van der Waals surface area contributed by atoms with Crippen LogP contribution < -0.4 is 19.1 Å². The number of aryl methyl sites for hydroxylation is 2. The number of carbonyl (C=O) groups excluding carboxylic acids is 2. The number of anilines is 1. The Hall–Kier alpha value is -3.76. The minimum Gasteiger partial charge on any atom is -0.493 e. The van der Waals surface area contributed by atoms with Crippen LogP contribution in [0.15, 0.2) is 65.6 Å². The van der Waals surface area contributed by atoms with Gasteiger partial charge in [-0.15, -0.1) is 0 Å². The molecule has 0 aliphatic heterocycles. The first-order valence-electron chi connectivity index (χ1n) is 14.0. The van der Waals surface area contributed by atoms with Crippen LogP contribution in [0.4, 0.5) is 5.69 Å². The molecule has 11 heteroatoms. The molecule has 2 unspecified atom stereocenters. The van der Waals surface area contributed by atoms with E-state index in [1.165, 1.54) is 37.3 Å². The van der Waals surface area contributed by atoms with Crippen LogP contribution in [0, 0.1) is 13.8 Å². The van der Waals surface area contributed by atoms with E-state index in [4.69, 9.17) is 21.1 Å². The molecule has 0 saturated carbocycles. The summed E-state index contributed by atoms with van der Waals surface area (Å²) in [5, 5.41) is 3.41. The monoisotopic (exact) mass is 629 g/mol. The topological polar surface area (TPSA) is 105 Å². The normalized spacial score (nSPS) is 12.7. The number of benzene rings is 3. The number of amides is 2. The van der Waals surface area contributed by atoms with E-state index in [-0.39, 0.29) is 29.1 Å². The third-order valence-electron chi connectivity index (χ3n) is 7.13. The Kier molecular flexibility index (Phi) is 11.5. The van der Waals surface area contributed by atoms with Gasteiger partial charge in [0.05, 0.1) is 24.8 Å². The second-order valence-corrected chi connectivity index (χ2v) is 12.8. The number of hydrogen-bond acceptors (Lipinski definition) is 6. The fourth-order valence-electron chi connectivity index (χ4n) is 4.61. The van der Waals surface area contributed by atoms with Crippen molar-refractivity contribution >= 4 is 39.1 Å². The first-order chi connectivity index (χ1) is 20.3. The molecule has 0 radical (unpaired) electrons. The van der Waals surface area contributed by atoms with Gasteiger partial charge in [-0.05, 0) is 87.2 Å². The third kappa shape index (κ3) is 8.42. The van der Waals surface area contributed by atoms with E-state index in [1.807, 2.05) is 33.8 Å². The van der Waals surface area contributed by atoms with Crippen molar-refractivity contribution in [2.24, 2.45) is 0 Å². The highest BCUT2D eigenvalue weighted by molar-refractivity contribution is 7.92. The van der Waals surface area contributed by atoms with Crippen molar-refractivity contribution in [3.63, 3.8) is 0 Å². The molecule has 232 valence electrons. The third-order valence-corrected chi connectivity index (χ3v) is 9.13. The van der Waals surface area contributed by atoms with Crippen molar-refractivity contribution in [3.05, 3.63) is 82.4 Å². The van der Waals surface area contributed by atoms with E-state index in [0.29, 0.717) is 28.4 Å². The molecule has 0 spiro atoms. The minimum absolute atomic E-state index is 0.0472. The molecule has 0 aromatic heterocycles. The highest BCUT2D eigenvalue weighted by Gasteiger charge is 2.33. The van der Waals surface area contributed by atoms with Gasteiger partial charge in [0.2, 0.25) is 11.8 Å². The zero-order valence-corrected chi connectivity index (χ0v) is 27.3. The molecule has 0 fully saturated rings. The van der Waals surface area contributed by atoms with E-state index < -0.39 is 28.5 Å². The van der Waals surface area contributed by atoms with Crippen LogP contribution in [-0.4, -0.2) is 58.0 Å². The molecule has 9 nitrogen and oxygen atoms in total. The van der Waals surface area contributed by atoms with Gasteiger partial charge in [0.1, 0.15) is 12.6 Å². The molecule has 2 atom stereocenters. The molecule has 0 aliphatic rings. The molecule has 43 heavy (non-hydrogen) atoms. The molecular formula is C32H40ClN3O6S. The SMILES string of the molecule is CCC(C)NC(=O)C(C)N(Cc1cccc(Cl)c1)C(=O)CN(c1cc(C)cc(C)c1)S(=O)(=O)c1ccc(OC)c(OC)c1. The van der Waals surface area contributed by atoms with Crippen LogP contribution in [0.2, 0.25) is 5.02 Å². The lowest BCUT2D eigenvalue weighted by molar-refractivity contribution is -0.139. The van der Waals surface area contributed by atoms with Crippen LogP contribution in [-0.2, 0) is 26.2 Å². The van der Waals surface area contributed by atoms with Crippen LogP contribution in [0.25, 0.3) is 0 Å². The van der Waals surface area contributed by atoms with Gasteiger partial charge in [-0.1, -0.05) is 36.7 Å². The van der Waals surface area contributed by atoms with Crippen LogP contribution in [0.1, 0.15) is 43.9 Å². The van der Waals surface area contributed by atoms with Crippen LogP contribution in [0.3, 0.4) is 0 Å². The summed E-state index contributed by atoms with van der Waals surface area (Å²) >= 11 is 6.22. The summed E-state index contributed by atoms with van der Waals surface area (Å²) in [6, 6.07) is 15.6. The van der Waals surface area contributed by atoms with Crippen molar-refractivity contribution in [1.82, 2.24) is 10.2 Å². The molecular weight excluding hydrogens is 590 g/mol. The zero-order valence-electron chi connectivity index (χ0n) is 25.7. The minimum atomic E-state index is -4.29. The molecule has 2 amide bonds. The van der Waals surface area contributed by atoms with E-state index >= 15 is 0 Å². The van der Waals surface area contributed by atoms with Gasteiger partial charge < -0.3 is 19.7 Å². The first kappa shape index (κ1) is 33.7. The second kappa shape index (κ2) is 14.6. The predicted molar refractivity (Wildman–Crippen MR) is 169 cm³/mol. The maximum Gasteiger partial charge on any atom is 0.264 e. The number of methoxy groups -OCH3 is 2. The van der Waals surface area contributed by atoms with Crippen molar-refractivity contribution in [3.8, 4) is 11.5 Å². The molecule has 1 N–H and O–H groups in total. The maximum atomic E-state index is 14.2. The quantitative estimate of drug-likeness (QED) is 0.268. The smallest absolute Gasteiger partial charge is 0.264 e. The van der Waals surface area contributed by atoms with E-state index in [2.05, 4.69) is 5.32 Å². The van der Waals surface area contributed by atoms with E-state index in [0.717, 1.165) is 15.4 Å². The summed E-state index contributed by atoms with van der Waals surface area (Å²) < 4.78 is 40.2. The molecule has 3 rings (SSSR count). The van der Waals surface area contributed by atoms with Crippen molar-refractivity contribution < 1.29 is 27.5 Å². The maximum absolute atomic E-state index is 14.2. The predicted octanol–water partition coefficient (Wildman–Crippen LogP) is 5.50. The number of sulfonamides is 1. The van der Waals surface area contributed by atoms with Crippen molar-refractivity contribution in [1.29, 1.82) is 0 Å². The fourth-order valence-corrected chi connectivity index (χ4v) is 6.23. The average Bonchev–Trinajstić information content (AvgIpc) is 2.96. The lowest BCUT2D eigenvalue weighted by atomic mass is 10.1. The molecule has 3 aromatic rings. The van der Waals surface area contributed by atoms with Gasteiger partial charge >= 0.3 is 0 Å². The van der Waals surface area contributed by atoms with Gasteiger partial charge in [-0.2, -0.15) is 0 Å². The van der Waals surface area contributed by atoms with E-state index in [1.54, 1.807) is 43.3 Å². The van der Waals surface area contributed by atoms with Gasteiger partial charge in [-0.3, -0.25) is 13.9 Å². The van der Waals surface area contributed by atoms with Gasteiger partial charge in [-0.25, -0.2) is 8.42 Å². The number of nitrogens with zero attached hydrogens (tertiary/aromatic N) is 2. The number of ether oxygens (including phenoxy) is 2. The summed E-state index contributed by atoms with van der Waals surface area (Å²) in [4.78, 5) is 28.7. The molecule has 0 saturated heterocycles. The number of halogens is 1. The van der Waals surface area contributed by atoms with Crippen LogP contribution in [0.5, 0.6) is 11.5 Å². The molecule has 0 aliphatic carbocycles. The lowest BCUT2D eigenvalue weighted by Gasteiger charge is -2.32.